The molecule has 94 valence electrons. The Labute approximate surface area is 110 Å². The molecule has 4 nitrogen and oxygen atoms in total. The lowest BCUT2D eigenvalue weighted by molar-refractivity contribution is 0.0912. The minimum Gasteiger partial charge on any atom is -0.346 e. The van der Waals surface area contributed by atoms with E-state index in [2.05, 4.69) is 31.4 Å². The average molecular weight is 300 g/mol. The number of nitrogens with zero attached hydrogens (tertiary/aromatic N) is 2. The smallest absolute Gasteiger partial charge is 0.253 e. The molecule has 1 heterocycles. The van der Waals surface area contributed by atoms with Gasteiger partial charge >= 0.3 is 0 Å². The average Bonchev–Trinajstić information content (AvgIpc) is 2.32. The first-order chi connectivity index (χ1) is 7.91. The summed E-state index contributed by atoms with van der Waals surface area (Å²) < 4.78 is 0. The number of hydrogen-bond donors (Lipinski definition) is 1. The van der Waals surface area contributed by atoms with E-state index in [1.54, 1.807) is 13.0 Å². The number of carbonyl (C=O) groups excluding carboxylic acids is 1. The fourth-order valence-electron chi connectivity index (χ4n) is 1.34. The van der Waals surface area contributed by atoms with Crippen LogP contribution in [0.1, 0.15) is 42.0 Å². The molecule has 0 aliphatic heterocycles. The van der Waals surface area contributed by atoms with E-state index in [-0.39, 0.29) is 11.4 Å². The zero-order valence-corrected chi connectivity index (χ0v) is 12.3. The summed E-state index contributed by atoms with van der Waals surface area (Å²) >= 11 is 3.42. The number of amides is 1. The fraction of sp³-hybridized carbons (Fsp3) is 0.583. The van der Waals surface area contributed by atoms with Gasteiger partial charge in [-0.1, -0.05) is 22.9 Å². The molecule has 1 rings (SSSR count). The van der Waals surface area contributed by atoms with Gasteiger partial charge in [-0.15, -0.1) is 0 Å². The number of nitrogens with one attached hydrogen (secondary N) is 1. The van der Waals surface area contributed by atoms with Crippen LogP contribution >= 0.6 is 15.9 Å². The van der Waals surface area contributed by atoms with Crippen molar-refractivity contribution in [2.45, 2.75) is 39.7 Å². The van der Waals surface area contributed by atoms with Crippen LogP contribution < -0.4 is 5.32 Å². The molecule has 1 N–H and O–H groups in total. The summed E-state index contributed by atoms with van der Waals surface area (Å²) in [5.74, 6) is -0.0932. The highest BCUT2D eigenvalue weighted by Crippen LogP contribution is 2.14. The van der Waals surface area contributed by atoms with Gasteiger partial charge in [0.25, 0.3) is 5.91 Å². The molecule has 1 amide bonds. The molecular formula is C12H18BrN3O. The van der Waals surface area contributed by atoms with E-state index >= 15 is 0 Å². The molecule has 5 heteroatoms. The first-order valence-electron chi connectivity index (χ1n) is 5.61. The Bertz CT molecular complexity index is 416. The molecule has 0 bridgehead atoms. The number of aryl methyl sites for hydroxylation is 2. The summed E-state index contributed by atoms with van der Waals surface area (Å²) in [5, 5.41) is 11.6. The number of rotatable bonds is 4. The Morgan fingerprint density at radius 1 is 1.47 bits per heavy atom. The molecule has 0 radical (unpaired) electrons. The fourth-order valence-corrected chi connectivity index (χ4v) is 1.87. The van der Waals surface area contributed by atoms with Crippen LogP contribution in [0.15, 0.2) is 6.07 Å². The van der Waals surface area contributed by atoms with Crippen molar-refractivity contribution in [1.29, 1.82) is 0 Å². The van der Waals surface area contributed by atoms with Gasteiger partial charge in [0.1, 0.15) is 0 Å². The van der Waals surface area contributed by atoms with E-state index in [1.807, 2.05) is 20.8 Å². The van der Waals surface area contributed by atoms with Gasteiger partial charge in [-0.3, -0.25) is 4.79 Å². The maximum atomic E-state index is 12.2. The monoisotopic (exact) mass is 299 g/mol. The molecule has 0 saturated heterocycles. The minimum absolute atomic E-state index is 0.0932. The summed E-state index contributed by atoms with van der Waals surface area (Å²) in [6, 6.07) is 1.77. The van der Waals surface area contributed by atoms with Gasteiger partial charge in [0.2, 0.25) is 0 Å². The van der Waals surface area contributed by atoms with E-state index in [1.165, 1.54) is 0 Å². The van der Waals surface area contributed by atoms with Crippen LogP contribution in [0.4, 0.5) is 0 Å². The van der Waals surface area contributed by atoms with Crippen LogP contribution in [0.25, 0.3) is 0 Å². The van der Waals surface area contributed by atoms with E-state index in [0.717, 1.165) is 17.4 Å². The molecule has 1 unspecified atom stereocenters. The Kier molecular flexibility index (Phi) is 4.62. The SMILES string of the molecule is CCC(C)(CBr)NC(=O)c1cc(C)nnc1C. The summed E-state index contributed by atoms with van der Waals surface area (Å²) in [6.45, 7) is 7.67. The largest absolute Gasteiger partial charge is 0.346 e. The van der Waals surface area contributed by atoms with Crippen LogP contribution in [0.5, 0.6) is 0 Å². The van der Waals surface area contributed by atoms with E-state index in [4.69, 9.17) is 0 Å². The zero-order valence-electron chi connectivity index (χ0n) is 10.7. The van der Waals surface area contributed by atoms with Crippen molar-refractivity contribution in [2.24, 2.45) is 0 Å². The van der Waals surface area contributed by atoms with Crippen molar-refractivity contribution in [3.8, 4) is 0 Å². The van der Waals surface area contributed by atoms with Crippen molar-refractivity contribution in [2.75, 3.05) is 5.33 Å². The molecule has 0 aromatic carbocycles. The lowest BCUT2D eigenvalue weighted by Crippen LogP contribution is -2.47. The number of alkyl halides is 1. The molecule has 0 saturated carbocycles. The summed E-state index contributed by atoms with van der Waals surface area (Å²) in [4.78, 5) is 12.2. The van der Waals surface area contributed by atoms with Gasteiger partial charge in [0.05, 0.1) is 17.0 Å². The van der Waals surface area contributed by atoms with Gasteiger partial charge in [-0.2, -0.15) is 10.2 Å². The number of hydrogen-bond acceptors (Lipinski definition) is 3. The third-order valence-corrected chi connectivity index (χ3v) is 4.07. The molecule has 0 aliphatic rings. The Morgan fingerprint density at radius 3 is 2.65 bits per heavy atom. The van der Waals surface area contributed by atoms with Gasteiger partial charge < -0.3 is 5.32 Å². The molecule has 1 atom stereocenters. The lowest BCUT2D eigenvalue weighted by atomic mass is 10.0. The van der Waals surface area contributed by atoms with Gasteiger partial charge in [-0.05, 0) is 33.3 Å². The maximum absolute atomic E-state index is 12.2. The van der Waals surface area contributed by atoms with Crippen molar-refractivity contribution in [1.82, 2.24) is 15.5 Å². The molecule has 0 fully saturated rings. The van der Waals surface area contributed by atoms with Crippen LogP contribution in [0.2, 0.25) is 0 Å². The Hall–Kier alpha value is -0.970. The van der Waals surface area contributed by atoms with Crippen LogP contribution in [-0.4, -0.2) is 27.0 Å². The highest BCUT2D eigenvalue weighted by Gasteiger charge is 2.24. The van der Waals surface area contributed by atoms with Crippen molar-refractivity contribution in [3.05, 3.63) is 23.0 Å². The highest BCUT2D eigenvalue weighted by molar-refractivity contribution is 9.09. The summed E-state index contributed by atoms with van der Waals surface area (Å²) in [5.41, 5.74) is 1.76. The number of carbonyl (C=O) groups is 1. The molecule has 0 spiro atoms. The third kappa shape index (κ3) is 3.49. The second-order valence-corrected chi connectivity index (χ2v) is 5.05. The predicted molar refractivity (Wildman–Crippen MR) is 71.5 cm³/mol. The van der Waals surface area contributed by atoms with E-state index in [0.29, 0.717) is 11.3 Å². The van der Waals surface area contributed by atoms with Crippen LogP contribution in [0, 0.1) is 13.8 Å². The first-order valence-corrected chi connectivity index (χ1v) is 6.73. The Morgan fingerprint density at radius 2 is 2.12 bits per heavy atom. The molecule has 17 heavy (non-hydrogen) atoms. The normalized spacial score (nSPS) is 14.2. The second kappa shape index (κ2) is 5.58. The lowest BCUT2D eigenvalue weighted by Gasteiger charge is -2.27. The number of halogens is 1. The topological polar surface area (TPSA) is 54.9 Å². The number of aromatic nitrogens is 2. The van der Waals surface area contributed by atoms with Gasteiger partial charge in [0, 0.05) is 10.9 Å². The van der Waals surface area contributed by atoms with E-state index < -0.39 is 0 Å². The van der Waals surface area contributed by atoms with Gasteiger partial charge in [-0.25, -0.2) is 0 Å². The Balaban J connectivity index is 2.94. The zero-order chi connectivity index (χ0) is 13.1. The first kappa shape index (κ1) is 14.1. The molecular weight excluding hydrogens is 282 g/mol. The van der Waals surface area contributed by atoms with Crippen molar-refractivity contribution >= 4 is 21.8 Å². The summed E-state index contributed by atoms with van der Waals surface area (Å²) in [6.07, 6.45) is 0.862. The van der Waals surface area contributed by atoms with Crippen molar-refractivity contribution in [3.63, 3.8) is 0 Å². The molecule has 0 aliphatic carbocycles. The van der Waals surface area contributed by atoms with Crippen LogP contribution in [0.3, 0.4) is 0 Å². The predicted octanol–water partition coefficient (Wildman–Crippen LogP) is 2.39. The third-order valence-electron chi connectivity index (χ3n) is 2.84. The molecule has 1 aromatic rings. The van der Waals surface area contributed by atoms with Crippen LogP contribution in [-0.2, 0) is 0 Å². The van der Waals surface area contributed by atoms with Crippen molar-refractivity contribution < 1.29 is 4.79 Å². The summed E-state index contributed by atoms with van der Waals surface area (Å²) in [7, 11) is 0. The highest BCUT2D eigenvalue weighted by atomic mass is 79.9. The quantitative estimate of drug-likeness (QED) is 0.869. The minimum atomic E-state index is -0.235. The molecule has 1 aromatic heterocycles. The van der Waals surface area contributed by atoms with E-state index in [9.17, 15) is 4.79 Å². The second-order valence-electron chi connectivity index (χ2n) is 4.49. The van der Waals surface area contributed by atoms with Gasteiger partial charge in [0.15, 0.2) is 0 Å². The standard InChI is InChI=1S/C12H18BrN3O/c1-5-12(4,7-13)14-11(17)10-6-8(2)15-16-9(10)3/h6H,5,7H2,1-4H3,(H,14,17). The maximum Gasteiger partial charge on any atom is 0.253 e.